The number of aromatic nitrogens is 2. The van der Waals surface area contributed by atoms with Gasteiger partial charge >= 0.3 is 0 Å². The SMILES string of the molecule is CC(C)c1cccc(C(C)C)c1-n1c(-c2cccc3c2oc2c(-c4cc5c6c(c4)N4c7ccc(C(C)(C)C)cc7Sc7cc(C(C)(C)C)cc(c74)B6c4cc(C(C)(C)C)cc6c4N5c4ccc(C(C)(C)C)cc4S6)cccc23)nc2ccccc21. The maximum Gasteiger partial charge on any atom is 0.252 e. The smallest absolute Gasteiger partial charge is 0.252 e. The molecule has 0 unspecified atom stereocenters. The molecule has 2 aromatic heterocycles. The van der Waals surface area contributed by atoms with Gasteiger partial charge in [0.1, 0.15) is 17.0 Å². The fourth-order valence-corrected chi connectivity index (χ4v) is 16.4. The van der Waals surface area contributed by atoms with Crippen molar-refractivity contribution in [2.45, 2.75) is 164 Å². The van der Waals surface area contributed by atoms with Crippen LogP contribution in [0.25, 0.3) is 61.2 Å². The molecule has 9 aromatic carbocycles. The lowest BCUT2D eigenvalue weighted by atomic mass is 9.33. The molecule has 11 aromatic rings. The van der Waals surface area contributed by atoms with Gasteiger partial charge in [-0.15, -0.1) is 0 Å². The summed E-state index contributed by atoms with van der Waals surface area (Å²) in [6.45, 7) is 37.4. The average Bonchev–Trinajstić information content (AvgIpc) is 1.30. The molecule has 0 saturated carbocycles. The van der Waals surface area contributed by atoms with E-state index in [1.807, 2.05) is 23.5 Å². The molecule has 4 aliphatic heterocycles. The molecule has 0 saturated heterocycles. The molecule has 0 N–H and O–H groups in total. The van der Waals surface area contributed by atoms with Crippen LogP contribution in [-0.2, 0) is 21.7 Å². The van der Waals surface area contributed by atoms with Gasteiger partial charge in [-0.1, -0.05) is 219 Å². The Labute approximate surface area is 511 Å². The van der Waals surface area contributed by atoms with E-state index in [0.717, 1.165) is 55.5 Å². The summed E-state index contributed by atoms with van der Waals surface area (Å²) in [4.78, 5) is 16.1. The molecule has 4 aliphatic rings. The van der Waals surface area contributed by atoms with Crippen molar-refractivity contribution in [1.82, 2.24) is 9.55 Å². The maximum atomic E-state index is 7.60. The Morgan fingerprint density at radius 2 is 0.894 bits per heavy atom. The first-order valence-electron chi connectivity index (χ1n) is 30.7. The molecule has 6 heterocycles. The number of nitrogens with zero attached hydrogens (tertiary/aromatic N) is 4. The Morgan fingerprint density at radius 1 is 0.435 bits per heavy atom. The molecule has 0 aliphatic carbocycles. The van der Waals surface area contributed by atoms with Crippen LogP contribution in [0.4, 0.5) is 34.1 Å². The van der Waals surface area contributed by atoms with Crippen LogP contribution < -0.4 is 26.2 Å². The zero-order chi connectivity index (χ0) is 59.3. The van der Waals surface area contributed by atoms with E-state index in [0.29, 0.717) is 11.8 Å². The summed E-state index contributed by atoms with van der Waals surface area (Å²) in [5.41, 5.74) is 27.5. The second kappa shape index (κ2) is 18.6. The van der Waals surface area contributed by atoms with Crippen LogP contribution in [0.15, 0.2) is 176 Å². The highest BCUT2D eigenvalue weighted by Crippen LogP contribution is 2.59. The maximum absolute atomic E-state index is 7.60. The molecule has 424 valence electrons. The Kier molecular flexibility index (Phi) is 11.9. The third-order valence-electron chi connectivity index (χ3n) is 18.7. The fourth-order valence-electron chi connectivity index (χ4n) is 14.0. The lowest BCUT2D eigenvalue weighted by molar-refractivity contribution is 0.588. The van der Waals surface area contributed by atoms with E-state index in [1.54, 1.807) is 0 Å². The fraction of sp³-hybridized carbons (Fsp3) is 0.286. The normalized spacial score (nSPS) is 14.4. The largest absolute Gasteiger partial charge is 0.455 e. The van der Waals surface area contributed by atoms with Gasteiger partial charge in [0.15, 0.2) is 0 Å². The van der Waals surface area contributed by atoms with Crippen molar-refractivity contribution in [3.63, 3.8) is 0 Å². The summed E-state index contributed by atoms with van der Waals surface area (Å²) >= 11 is 3.91. The summed E-state index contributed by atoms with van der Waals surface area (Å²) in [6, 6.07) is 58.6. The number of hydrogen-bond acceptors (Lipinski definition) is 6. The molecule has 5 nitrogen and oxygen atoms in total. The first kappa shape index (κ1) is 54.3. The van der Waals surface area contributed by atoms with Crippen LogP contribution in [0.2, 0.25) is 0 Å². The molecule has 85 heavy (non-hydrogen) atoms. The van der Waals surface area contributed by atoms with Crippen molar-refractivity contribution in [2.24, 2.45) is 0 Å². The van der Waals surface area contributed by atoms with Gasteiger partial charge in [0, 0.05) is 47.3 Å². The Hall–Kier alpha value is -7.39. The third-order valence-corrected chi connectivity index (χ3v) is 20.8. The van der Waals surface area contributed by atoms with Gasteiger partial charge in [0.2, 0.25) is 0 Å². The molecular weight excluding hydrogens is 1070 g/mol. The highest BCUT2D eigenvalue weighted by molar-refractivity contribution is 8.00. The molecule has 0 fully saturated rings. The molecule has 0 radical (unpaired) electrons. The molecule has 0 spiro atoms. The zero-order valence-corrected chi connectivity index (χ0v) is 53.8. The van der Waals surface area contributed by atoms with Crippen LogP contribution in [-0.4, -0.2) is 16.3 Å². The molecule has 8 heteroatoms. The first-order chi connectivity index (χ1) is 40.3. The van der Waals surface area contributed by atoms with Gasteiger partial charge < -0.3 is 14.2 Å². The lowest BCUT2D eigenvalue weighted by Crippen LogP contribution is -2.62. The van der Waals surface area contributed by atoms with Crippen molar-refractivity contribution < 1.29 is 4.42 Å². The van der Waals surface area contributed by atoms with Gasteiger partial charge in [-0.2, -0.15) is 0 Å². The van der Waals surface area contributed by atoms with E-state index in [4.69, 9.17) is 9.40 Å². The predicted octanol–water partition coefficient (Wildman–Crippen LogP) is 20.7. The molecule has 0 atom stereocenters. The van der Waals surface area contributed by atoms with E-state index in [-0.39, 0.29) is 28.4 Å². The lowest BCUT2D eigenvalue weighted by Gasteiger charge is -2.48. The number of hydrogen-bond donors (Lipinski definition) is 0. The molecule has 15 rings (SSSR count). The van der Waals surface area contributed by atoms with E-state index in [9.17, 15) is 0 Å². The van der Waals surface area contributed by atoms with Crippen molar-refractivity contribution >= 4 is 114 Å². The van der Waals surface area contributed by atoms with Crippen LogP contribution in [0.3, 0.4) is 0 Å². The molecule has 0 bridgehead atoms. The number of anilines is 6. The van der Waals surface area contributed by atoms with Crippen LogP contribution in [0.5, 0.6) is 0 Å². The zero-order valence-electron chi connectivity index (χ0n) is 52.2. The Morgan fingerprint density at radius 3 is 1.39 bits per heavy atom. The van der Waals surface area contributed by atoms with E-state index in [1.165, 1.54) is 109 Å². The second-order valence-corrected chi connectivity index (χ2v) is 31.4. The van der Waals surface area contributed by atoms with Gasteiger partial charge in [0.25, 0.3) is 6.71 Å². The number of fused-ring (bicyclic) bond motifs is 12. The quantitative estimate of drug-likeness (QED) is 0.160. The number of para-hydroxylation sites is 5. The van der Waals surface area contributed by atoms with Crippen molar-refractivity contribution in [2.75, 3.05) is 9.80 Å². The van der Waals surface area contributed by atoms with Gasteiger partial charge in [-0.05, 0) is 156 Å². The minimum atomic E-state index is -0.0856. The highest BCUT2D eigenvalue weighted by Gasteiger charge is 2.49. The van der Waals surface area contributed by atoms with Crippen molar-refractivity contribution in [3.8, 4) is 28.2 Å². The number of benzene rings is 9. The Balaban J connectivity index is 1.04. The minimum Gasteiger partial charge on any atom is -0.455 e. The monoisotopic (exact) mass is 1150 g/mol. The van der Waals surface area contributed by atoms with E-state index < -0.39 is 0 Å². The summed E-state index contributed by atoms with van der Waals surface area (Å²) in [7, 11) is 0. The number of furan rings is 1. The Bertz CT molecular complexity index is 4490. The first-order valence-corrected chi connectivity index (χ1v) is 32.3. The van der Waals surface area contributed by atoms with Crippen molar-refractivity contribution in [3.05, 3.63) is 185 Å². The summed E-state index contributed by atoms with van der Waals surface area (Å²) < 4.78 is 10.0. The van der Waals surface area contributed by atoms with E-state index >= 15 is 0 Å². The minimum absolute atomic E-state index is 0.0214. The van der Waals surface area contributed by atoms with Gasteiger partial charge in [0.05, 0.1) is 45.0 Å². The molecule has 0 amide bonds. The summed E-state index contributed by atoms with van der Waals surface area (Å²) in [5, 5.41) is 2.16. The van der Waals surface area contributed by atoms with Crippen molar-refractivity contribution in [1.29, 1.82) is 0 Å². The number of rotatable bonds is 5. The topological polar surface area (TPSA) is 37.4 Å². The second-order valence-electron chi connectivity index (χ2n) is 29.2. The summed E-state index contributed by atoms with van der Waals surface area (Å²) in [5.74, 6) is 1.47. The standard InChI is InChI=1S/C77H75BN4OS2/c1-42(2)49-22-19-23-50(43(3)4)68(49)82-58-29-18-17-28-57(58)79-73(82)54-27-21-26-53-52-25-20-24-51(71(52)83-72(53)54)44-34-61-67-62(35-44)81-60-33-31-46(75(8,9)10)39-64(60)85-66-41-48(77(14,15)16)37-56(70(66)81)78(67)55-36-47(76(11,12)13)40-65-69(55)80(61)59-32-30-45(74(5,6)7)38-63(59)84-65/h17-43H,1-16H3. The molecular formula is C77H75BN4OS2. The van der Waals surface area contributed by atoms with Gasteiger partial charge in [-0.3, -0.25) is 4.57 Å². The van der Waals surface area contributed by atoms with E-state index in [2.05, 4.69) is 277 Å². The number of imidazole rings is 1. The van der Waals surface area contributed by atoms with Crippen LogP contribution >= 0.6 is 23.5 Å². The highest BCUT2D eigenvalue weighted by atomic mass is 32.2. The van der Waals surface area contributed by atoms with Gasteiger partial charge in [-0.25, -0.2) is 4.98 Å². The van der Waals surface area contributed by atoms with Crippen LogP contribution in [0.1, 0.15) is 156 Å². The third kappa shape index (κ3) is 8.23. The summed E-state index contributed by atoms with van der Waals surface area (Å²) in [6.07, 6.45) is 0. The predicted molar refractivity (Wildman–Crippen MR) is 364 cm³/mol. The average molecular weight is 1150 g/mol. The van der Waals surface area contributed by atoms with Crippen LogP contribution in [0, 0.1) is 0 Å².